The summed E-state index contributed by atoms with van der Waals surface area (Å²) in [5, 5.41) is 16.1. The van der Waals surface area contributed by atoms with Crippen LogP contribution in [-0.4, -0.2) is 30.0 Å². The van der Waals surface area contributed by atoms with Gasteiger partial charge < -0.3 is 15.3 Å². The number of hydrogen-bond acceptors (Lipinski definition) is 4. The summed E-state index contributed by atoms with van der Waals surface area (Å²) in [4.78, 5) is 25.6. The number of thiophene rings is 1. The maximum absolute atomic E-state index is 14.0. The Bertz CT molecular complexity index is 748. The monoisotopic (exact) mass is 348 g/mol. The van der Waals surface area contributed by atoms with Crippen molar-refractivity contribution in [3.8, 4) is 0 Å². The number of nitrogens with zero attached hydrogens (tertiary/aromatic N) is 1. The summed E-state index contributed by atoms with van der Waals surface area (Å²) in [6.45, 7) is 0.560. The first kappa shape index (κ1) is 16.6. The molecule has 0 bridgehead atoms. The fourth-order valence-corrected chi connectivity index (χ4v) is 3.35. The van der Waals surface area contributed by atoms with Crippen LogP contribution in [0.3, 0.4) is 0 Å². The quantitative estimate of drug-likeness (QED) is 0.872. The second kappa shape index (κ2) is 7.11. The molecule has 1 aliphatic rings. The van der Waals surface area contributed by atoms with Gasteiger partial charge >= 0.3 is 0 Å². The molecule has 0 aliphatic carbocycles. The van der Waals surface area contributed by atoms with Crippen LogP contribution in [0.2, 0.25) is 0 Å². The highest BCUT2D eigenvalue weighted by atomic mass is 32.1. The molecule has 2 aromatic rings. The van der Waals surface area contributed by atoms with Crippen LogP contribution in [0.1, 0.15) is 34.9 Å². The number of aliphatic hydroxyl groups excluding tert-OH is 1. The lowest BCUT2D eigenvalue weighted by Crippen LogP contribution is -2.29. The standard InChI is InChI=1S/C17H17FN2O3S/c18-14-4-3-12(20-6-1-2-16(20)22)8-13(14)17(23)19-9-15(21)11-5-7-24-10-11/h3-5,7-8,10,15,21H,1-2,6,9H2,(H,19,23)/t15-/m1/s1. The molecule has 0 unspecified atom stereocenters. The summed E-state index contributed by atoms with van der Waals surface area (Å²) in [6, 6.07) is 5.83. The van der Waals surface area contributed by atoms with Gasteiger partial charge in [-0.1, -0.05) is 0 Å². The first-order valence-corrected chi connectivity index (χ1v) is 8.59. The molecular weight excluding hydrogens is 331 g/mol. The molecule has 2 N–H and O–H groups in total. The Balaban J connectivity index is 1.71. The van der Waals surface area contributed by atoms with E-state index in [1.807, 2.05) is 5.38 Å². The van der Waals surface area contributed by atoms with Gasteiger partial charge in [-0.15, -0.1) is 0 Å². The molecule has 24 heavy (non-hydrogen) atoms. The maximum atomic E-state index is 14.0. The average Bonchev–Trinajstić information content (AvgIpc) is 3.24. The van der Waals surface area contributed by atoms with E-state index in [1.54, 1.807) is 16.3 Å². The molecule has 126 valence electrons. The lowest BCUT2D eigenvalue weighted by atomic mass is 10.1. The summed E-state index contributed by atoms with van der Waals surface area (Å²) >= 11 is 1.45. The van der Waals surface area contributed by atoms with Gasteiger partial charge in [-0.2, -0.15) is 11.3 Å². The Hall–Kier alpha value is -2.25. The number of carbonyl (C=O) groups excluding carboxylic acids is 2. The van der Waals surface area contributed by atoms with E-state index in [0.717, 1.165) is 6.42 Å². The Morgan fingerprint density at radius 1 is 1.42 bits per heavy atom. The topological polar surface area (TPSA) is 69.6 Å². The molecular formula is C17H17FN2O3S. The van der Waals surface area contributed by atoms with Crippen LogP contribution in [0.15, 0.2) is 35.0 Å². The number of hydrogen-bond donors (Lipinski definition) is 2. The second-order valence-electron chi connectivity index (χ2n) is 5.60. The molecule has 7 heteroatoms. The van der Waals surface area contributed by atoms with E-state index in [1.165, 1.54) is 29.5 Å². The van der Waals surface area contributed by atoms with Crippen molar-refractivity contribution in [2.75, 3.05) is 18.0 Å². The molecule has 1 aromatic heterocycles. The molecule has 2 amide bonds. The van der Waals surface area contributed by atoms with Gasteiger partial charge in [0.25, 0.3) is 5.91 Å². The minimum absolute atomic E-state index is 0.0120. The van der Waals surface area contributed by atoms with Crippen molar-refractivity contribution in [1.82, 2.24) is 5.32 Å². The van der Waals surface area contributed by atoms with Gasteiger partial charge in [-0.05, 0) is 47.0 Å². The number of benzene rings is 1. The zero-order valence-electron chi connectivity index (χ0n) is 12.9. The van der Waals surface area contributed by atoms with E-state index >= 15 is 0 Å². The smallest absolute Gasteiger partial charge is 0.254 e. The van der Waals surface area contributed by atoms with Crippen molar-refractivity contribution in [2.45, 2.75) is 18.9 Å². The minimum atomic E-state index is -0.841. The molecule has 0 radical (unpaired) electrons. The lowest BCUT2D eigenvalue weighted by Gasteiger charge is -2.17. The fourth-order valence-electron chi connectivity index (χ4n) is 2.64. The SMILES string of the molecule is O=C(NC[C@@H](O)c1ccsc1)c1cc(N2CCCC2=O)ccc1F. The van der Waals surface area contributed by atoms with Crippen molar-refractivity contribution in [3.63, 3.8) is 0 Å². The Kier molecular flexibility index (Phi) is 4.92. The van der Waals surface area contributed by atoms with Crippen molar-refractivity contribution in [1.29, 1.82) is 0 Å². The van der Waals surface area contributed by atoms with Crippen LogP contribution in [0, 0.1) is 5.82 Å². The largest absolute Gasteiger partial charge is 0.387 e. The third-order valence-electron chi connectivity index (χ3n) is 3.96. The number of nitrogens with one attached hydrogen (secondary N) is 1. The van der Waals surface area contributed by atoms with Crippen LogP contribution >= 0.6 is 11.3 Å². The van der Waals surface area contributed by atoms with E-state index in [-0.39, 0.29) is 18.0 Å². The van der Waals surface area contributed by atoms with Crippen LogP contribution in [0.5, 0.6) is 0 Å². The molecule has 1 atom stereocenters. The van der Waals surface area contributed by atoms with Gasteiger partial charge in [0.15, 0.2) is 0 Å². The Morgan fingerprint density at radius 2 is 2.25 bits per heavy atom. The predicted molar refractivity (Wildman–Crippen MR) is 89.6 cm³/mol. The van der Waals surface area contributed by atoms with E-state index in [0.29, 0.717) is 24.2 Å². The number of amides is 2. The number of rotatable bonds is 5. The van der Waals surface area contributed by atoms with Crippen molar-refractivity contribution in [2.24, 2.45) is 0 Å². The molecule has 5 nitrogen and oxygen atoms in total. The van der Waals surface area contributed by atoms with Crippen molar-refractivity contribution in [3.05, 3.63) is 52.0 Å². The van der Waals surface area contributed by atoms with Crippen molar-refractivity contribution < 1.29 is 19.1 Å². The lowest BCUT2D eigenvalue weighted by molar-refractivity contribution is -0.117. The molecule has 2 heterocycles. The highest BCUT2D eigenvalue weighted by Gasteiger charge is 2.23. The predicted octanol–water partition coefficient (Wildman–Crippen LogP) is 2.48. The first-order chi connectivity index (χ1) is 11.6. The highest BCUT2D eigenvalue weighted by molar-refractivity contribution is 7.07. The van der Waals surface area contributed by atoms with Crippen LogP contribution < -0.4 is 10.2 Å². The van der Waals surface area contributed by atoms with Gasteiger partial charge in [0.05, 0.1) is 11.7 Å². The molecule has 3 rings (SSSR count). The van der Waals surface area contributed by atoms with Crippen LogP contribution in [-0.2, 0) is 4.79 Å². The maximum Gasteiger partial charge on any atom is 0.254 e. The van der Waals surface area contributed by atoms with Gasteiger partial charge in [0, 0.05) is 25.2 Å². The zero-order chi connectivity index (χ0) is 17.1. The number of halogens is 1. The van der Waals surface area contributed by atoms with E-state index in [4.69, 9.17) is 0 Å². The molecule has 0 spiro atoms. The summed E-state index contributed by atoms with van der Waals surface area (Å²) < 4.78 is 14.0. The molecule has 1 fully saturated rings. The average molecular weight is 348 g/mol. The molecule has 1 aromatic carbocycles. The number of carbonyl (C=O) groups is 2. The van der Waals surface area contributed by atoms with E-state index in [2.05, 4.69) is 5.32 Å². The van der Waals surface area contributed by atoms with Gasteiger partial charge in [-0.25, -0.2) is 4.39 Å². The highest BCUT2D eigenvalue weighted by Crippen LogP contribution is 2.24. The van der Waals surface area contributed by atoms with E-state index < -0.39 is 17.8 Å². The first-order valence-electron chi connectivity index (χ1n) is 7.64. The van der Waals surface area contributed by atoms with Gasteiger partial charge in [0.2, 0.25) is 5.91 Å². The van der Waals surface area contributed by atoms with Crippen molar-refractivity contribution >= 4 is 28.8 Å². The van der Waals surface area contributed by atoms with E-state index in [9.17, 15) is 19.1 Å². The normalized spacial score (nSPS) is 15.6. The third-order valence-corrected chi connectivity index (χ3v) is 4.67. The third kappa shape index (κ3) is 3.47. The van der Waals surface area contributed by atoms with Crippen LogP contribution in [0.4, 0.5) is 10.1 Å². The number of aliphatic hydroxyl groups is 1. The second-order valence-corrected chi connectivity index (χ2v) is 6.38. The fraction of sp³-hybridized carbons (Fsp3) is 0.294. The summed E-state index contributed by atoms with van der Waals surface area (Å²) in [5.74, 6) is -1.30. The van der Waals surface area contributed by atoms with Gasteiger partial charge in [-0.3, -0.25) is 9.59 Å². The Morgan fingerprint density at radius 3 is 2.92 bits per heavy atom. The zero-order valence-corrected chi connectivity index (χ0v) is 13.7. The summed E-state index contributed by atoms with van der Waals surface area (Å²) in [5.41, 5.74) is 1.09. The number of anilines is 1. The van der Waals surface area contributed by atoms with Gasteiger partial charge in [0.1, 0.15) is 5.82 Å². The molecule has 0 saturated carbocycles. The molecule has 1 saturated heterocycles. The summed E-state index contributed by atoms with van der Waals surface area (Å²) in [6.07, 6.45) is 0.377. The summed E-state index contributed by atoms with van der Waals surface area (Å²) in [7, 11) is 0. The van der Waals surface area contributed by atoms with Crippen LogP contribution in [0.25, 0.3) is 0 Å². The molecule has 1 aliphatic heterocycles. The Labute approximate surface area is 142 Å². The minimum Gasteiger partial charge on any atom is -0.387 e.